The van der Waals surface area contributed by atoms with E-state index in [1.54, 1.807) is 0 Å². The molecule has 0 aliphatic heterocycles. The van der Waals surface area contributed by atoms with E-state index >= 15 is 0 Å². The number of nitrogens with two attached hydrogens (primary N) is 3. The molecule has 0 aromatic heterocycles. The van der Waals surface area contributed by atoms with Crippen molar-refractivity contribution < 1.29 is 21.6 Å². The average molecular weight is 294 g/mol. The molecule has 9 nitrogen and oxygen atoms in total. The van der Waals surface area contributed by atoms with Crippen molar-refractivity contribution in [3.8, 4) is 0 Å². The smallest absolute Gasteiger partial charge is 0.316 e. The summed E-state index contributed by atoms with van der Waals surface area (Å²) in [6.45, 7) is 0. The predicted molar refractivity (Wildman–Crippen MR) is 62.4 cm³/mol. The van der Waals surface area contributed by atoms with Crippen molar-refractivity contribution in [3.05, 3.63) is 18.2 Å². The first-order valence-electron chi connectivity index (χ1n) is 4.28. The Hall–Kier alpha value is -1.69. The highest BCUT2D eigenvalue weighted by Gasteiger charge is 2.19. The van der Waals surface area contributed by atoms with Crippen LogP contribution in [0.15, 0.2) is 28.0 Å². The Balaban J connectivity index is 3.54. The summed E-state index contributed by atoms with van der Waals surface area (Å²) in [5.74, 6) is 0. The Kier molecular flexibility index (Phi) is 3.62. The van der Waals surface area contributed by atoms with Crippen molar-refractivity contribution in [2.45, 2.75) is 9.79 Å². The monoisotopic (exact) mass is 294 g/mol. The van der Waals surface area contributed by atoms with E-state index in [1.807, 2.05) is 5.32 Å². The second kappa shape index (κ2) is 4.53. The zero-order chi connectivity index (χ0) is 14.1. The topological polar surface area (TPSA) is 175 Å². The minimum atomic E-state index is -4.25. The number of rotatable bonds is 3. The van der Waals surface area contributed by atoms with Crippen LogP contribution in [0.3, 0.4) is 0 Å². The second-order valence-corrected chi connectivity index (χ2v) is 6.33. The maximum absolute atomic E-state index is 11.3. The van der Waals surface area contributed by atoms with Crippen molar-refractivity contribution in [1.29, 1.82) is 0 Å². The highest BCUT2D eigenvalue weighted by molar-refractivity contribution is 7.90. The molecule has 0 saturated heterocycles. The largest absolute Gasteiger partial charge is 0.351 e. The van der Waals surface area contributed by atoms with Gasteiger partial charge in [-0.05, 0) is 18.2 Å². The van der Waals surface area contributed by atoms with Gasteiger partial charge in [-0.1, -0.05) is 0 Å². The van der Waals surface area contributed by atoms with Crippen molar-refractivity contribution in [1.82, 2.24) is 0 Å². The predicted octanol–water partition coefficient (Wildman–Crippen LogP) is -1.53. The number of primary sulfonamides is 2. The lowest BCUT2D eigenvalue weighted by molar-refractivity contribution is 0.259. The summed E-state index contributed by atoms with van der Waals surface area (Å²) in [4.78, 5) is 9.60. The van der Waals surface area contributed by atoms with Crippen LogP contribution in [0, 0.1) is 0 Å². The van der Waals surface area contributed by atoms with Crippen LogP contribution in [0.2, 0.25) is 0 Å². The van der Waals surface area contributed by atoms with Gasteiger partial charge >= 0.3 is 6.03 Å². The summed E-state index contributed by atoms with van der Waals surface area (Å²) in [5.41, 5.74) is 4.59. The van der Waals surface area contributed by atoms with Gasteiger partial charge < -0.3 is 11.1 Å². The quantitative estimate of drug-likeness (QED) is 0.528. The molecule has 0 aliphatic carbocycles. The number of carbonyl (C=O) groups is 1. The molecule has 0 spiro atoms. The van der Waals surface area contributed by atoms with Crippen LogP contribution >= 0.6 is 0 Å². The number of benzene rings is 1. The molecule has 1 rings (SSSR count). The minimum absolute atomic E-state index is 0.239. The minimum Gasteiger partial charge on any atom is -0.351 e. The fraction of sp³-hybridized carbons (Fsp3) is 0. The third-order valence-electron chi connectivity index (χ3n) is 1.85. The molecule has 0 unspecified atom stereocenters. The lowest BCUT2D eigenvalue weighted by Crippen LogP contribution is -2.23. The normalized spacial score (nSPS) is 12.1. The van der Waals surface area contributed by atoms with Gasteiger partial charge in [-0.2, -0.15) is 0 Å². The second-order valence-electron chi connectivity index (χ2n) is 3.24. The van der Waals surface area contributed by atoms with Crippen LogP contribution in [0.4, 0.5) is 10.5 Å². The Morgan fingerprint density at radius 3 is 2.00 bits per heavy atom. The zero-order valence-corrected chi connectivity index (χ0v) is 10.5. The molecular weight excluding hydrogens is 284 g/mol. The van der Waals surface area contributed by atoms with Crippen LogP contribution in [0.1, 0.15) is 0 Å². The fourth-order valence-electron chi connectivity index (χ4n) is 1.15. The van der Waals surface area contributed by atoms with Gasteiger partial charge in [0.25, 0.3) is 0 Å². The number of urea groups is 1. The van der Waals surface area contributed by atoms with Gasteiger partial charge in [-0.15, -0.1) is 0 Å². The molecule has 7 N–H and O–H groups in total. The number of carbonyl (C=O) groups excluding carboxylic acids is 1. The van der Waals surface area contributed by atoms with Crippen molar-refractivity contribution in [2.24, 2.45) is 16.0 Å². The van der Waals surface area contributed by atoms with E-state index in [0.717, 1.165) is 18.2 Å². The molecule has 18 heavy (non-hydrogen) atoms. The number of hydrogen-bond acceptors (Lipinski definition) is 5. The third kappa shape index (κ3) is 3.40. The van der Waals surface area contributed by atoms with Gasteiger partial charge in [0.2, 0.25) is 20.0 Å². The number of sulfonamides is 2. The van der Waals surface area contributed by atoms with Crippen LogP contribution < -0.4 is 21.3 Å². The summed E-state index contributed by atoms with van der Waals surface area (Å²) in [7, 11) is -8.35. The van der Waals surface area contributed by atoms with Gasteiger partial charge in [0.15, 0.2) is 0 Å². The molecule has 0 radical (unpaired) electrons. The molecule has 0 aliphatic rings. The van der Waals surface area contributed by atoms with E-state index < -0.39 is 35.9 Å². The first-order valence-corrected chi connectivity index (χ1v) is 7.37. The summed E-state index contributed by atoms with van der Waals surface area (Å²) in [6, 6.07) is 1.73. The van der Waals surface area contributed by atoms with Crippen LogP contribution in [0.5, 0.6) is 0 Å². The molecule has 2 amide bonds. The Bertz CT molecular complexity index is 695. The standard InChI is InChI=1S/C7H10N4O5S2/c8-7(12)11-5-2-1-4(17(9,13)14)3-6(5)18(10,15)16/h1-3H,(H3,8,11,12)(H2,9,13,14)(H2,10,15,16). The fourth-order valence-corrected chi connectivity index (χ4v) is 2.48. The molecule has 0 atom stereocenters. The molecule has 0 heterocycles. The molecular formula is C7H10N4O5S2. The van der Waals surface area contributed by atoms with Crippen molar-refractivity contribution in [2.75, 3.05) is 5.32 Å². The van der Waals surface area contributed by atoms with Gasteiger partial charge in [-0.3, -0.25) is 0 Å². The molecule has 1 aromatic carbocycles. The van der Waals surface area contributed by atoms with E-state index in [0.29, 0.717) is 0 Å². The highest BCUT2D eigenvalue weighted by Crippen LogP contribution is 2.23. The van der Waals surface area contributed by atoms with E-state index in [-0.39, 0.29) is 5.69 Å². The molecule has 0 fully saturated rings. The van der Waals surface area contributed by atoms with E-state index in [1.165, 1.54) is 0 Å². The Morgan fingerprint density at radius 2 is 1.61 bits per heavy atom. The van der Waals surface area contributed by atoms with E-state index in [2.05, 4.69) is 0 Å². The van der Waals surface area contributed by atoms with Crippen LogP contribution in [-0.4, -0.2) is 22.9 Å². The van der Waals surface area contributed by atoms with Crippen LogP contribution in [0.25, 0.3) is 0 Å². The lowest BCUT2D eigenvalue weighted by Gasteiger charge is -2.09. The summed E-state index contributed by atoms with van der Waals surface area (Å²) in [5, 5.41) is 11.7. The SMILES string of the molecule is NC(=O)Nc1ccc(S(N)(=O)=O)cc1S(N)(=O)=O. The molecule has 1 aromatic rings. The Labute approximate surface area is 103 Å². The molecule has 100 valence electrons. The van der Waals surface area contributed by atoms with Gasteiger partial charge in [0.1, 0.15) is 4.90 Å². The lowest BCUT2D eigenvalue weighted by atomic mass is 10.3. The van der Waals surface area contributed by atoms with E-state index in [4.69, 9.17) is 16.0 Å². The van der Waals surface area contributed by atoms with Gasteiger partial charge in [-0.25, -0.2) is 31.9 Å². The summed E-state index contributed by atoms with van der Waals surface area (Å²) in [6.07, 6.45) is 0. The van der Waals surface area contributed by atoms with Crippen molar-refractivity contribution in [3.63, 3.8) is 0 Å². The zero-order valence-electron chi connectivity index (χ0n) is 8.82. The average Bonchev–Trinajstić information content (AvgIpc) is 2.13. The highest BCUT2D eigenvalue weighted by atomic mass is 32.2. The number of amides is 2. The van der Waals surface area contributed by atoms with Crippen LogP contribution in [-0.2, 0) is 20.0 Å². The molecule has 0 bridgehead atoms. The van der Waals surface area contributed by atoms with Gasteiger partial charge in [0.05, 0.1) is 10.6 Å². The number of hydrogen-bond donors (Lipinski definition) is 4. The maximum Gasteiger partial charge on any atom is 0.316 e. The maximum atomic E-state index is 11.3. The third-order valence-corrected chi connectivity index (χ3v) is 3.71. The van der Waals surface area contributed by atoms with E-state index in [9.17, 15) is 21.6 Å². The number of primary amides is 1. The summed E-state index contributed by atoms with van der Waals surface area (Å²) < 4.78 is 44.7. The molecule has 11 heteroatoms. The first-order chi connectivity index (χ1) is 8.01. The molecule has 0 saturated carbocycles. The first kappa shape index (κ1) is 14.4. The van der Waals surface area contributed by atoms with Gasteiger partial charge in [0, 0.05) is 0 Å². The summed E-state index contributed by atoms with van der Waals surface area (Å²) >= 11 is 0. The number of anilines is 1. The van der Waals surface area contributed by atoms with Crippen molar-refractivity contribution >= 4 is 31.8 Å². The Morgan fingerprint density at radius 1 is 1.06 bits per heavy atom. The number of nitrogens with one attached hydrogen (secondary N) is 1.